The van der Waals surface area contributed by atoms with Gasteiger partial charge in [0.05, 0.1) is 7.11 Å². The molecule has 5 heteroatoms. The van der Waals surface area contributed by atoms with Crippen LogP contribution in [0.2, 0.25) is 0 Å². The lowest BCUT2D eigenvalue weighted by atomic mass is 10.2. The molecule has 0 fully saturated rings. The molecule has 0 aliphatic rings. The molecule has 22 heavy (non-hydrogen) atoms. The van der Waals surface area contributed by atoms with Crippen molar-refractivity contribution in [2.45, 2.75) is 6.54 Å². The number of aromatic hydroxyl groups is 2. The minimum absolute atomic E-state index is 0.0523. The number of amides is 1. The molecule has 5 nitrogen and oxygen atoms in total. The fraction of sp³-hybridized carbons (Fsp3) is 0.118. The van der Waals surface area contributed by atoms with Crippen LogP contribution in [-0.4, -0.2) is 23.2 Å². The smallest absolute Gasteiger partial charge is 0.244 e. The zero-order chi connectivity index (χ0) is 15.9. The van der Waals surface area contributed by atoms with Crippen molar-refractivity contribution in [1.82, 2.24) is 5.32 Å². The molecule has 0 saturated carbocycles. The first-order chi connectivity index (χ1) is 10.6. The summed E-state index contributed by atoms with van der Waals surface area (Å²) in [4.78, 5) is 11.8. The van der Waals surface area contributed by atoms with Crippen LogP contribution >= 0.6 is 0 Å². The fourth-order valence-corrected chi connectivity index (χ4v) is 1.83. The summed E-state index contributed by atoms with van der Waals surface area (Å²) in [6.07, 6.45) is 3.04. The van der Waals surface area contributed by atoms with Crippen molar-refractivity contribution in [1.29, 1.82) is 0 Å². The van der Waals surface area contributed by atoms with Crippen LogP contribution < -0.4 is 10.1 Å². The van der Waals surface area contributed by atoms with Crippen molar-refractivity contribution in [3.63, 3.8) is 0 Å². The van der Waals surface area contributed by atoms with E-state index in [0.29, 0.717) is 12.3 Å². The molecule has 0 saturated heterocycles. The average molecular weight is 299 g/mol. The molecular weight excluding hydrogens is 282 g/mol. The molecule has 3 N–H and O–H groups in total. The Hall–Kier alpha value is -2.95. The number of carbonyl (C=O) groups is 1. The molecule has 0 aliphatic heterocycles. The fourth-order valence-electron chi connectivity index (χ4n) is 1.83. The zero-order valence-electron chi connectivity index (χ0n) is 12.1. The van der Waals surface area contributed by atoms with Gasteiger partial charge in [0.1, 0.15) is 5.75 Å². The Bertz CT molecular complexity index is 678. The second kappa shape index (κ2) is 7.17. The number of methoxy groups -OCH3 is 1. The normalized spacial score (nSPS) is 10.6. The number of carbonyl (C=O) groups excluding carboxylic acids is 1. The van der Waals surface area contributed by atoms with E-state index >= 15 is 0 Å². The summed E-state index contributed by atoms with van der Waals surface area (Å²) in [6.45, 7) is 0.377. The van der Waals surface area contributed by atoms with Gasteiger partial charge < -0.3 is 20.3 Å². The van der Waals surface area contributed by atoms with Gasteiger partial charge in [-0.2, -0.15) is 0 Å². The van der Waals surface area contributed by atoms with Crippen molar-refractivity contribution in [2.24, 2.45) is 0 Å². The zero-order valence-corrected chi connectivity index (χ0v) is 12.1. The first-order valence-corrected chi connectivity index (χ1v) is 6.69. The summed E-state index contributed by atoms with van der Waals surface area (Å²) >= 11 is 0. The Morgan fingerprint density at radius 2 is 1.91 bits per heavy atom. The summed E-state index contributed by atoms with van der Waals surface area (Å²) in [7, 11) is 1.47. The Balaban J connectivity index is 1.92. The van der Waals surface area contributed by atoms with Gasteiger partial charge in [-0.15, -0.1) is 0 Å². The molecule has 2 rings (SSSR count). The third kappa shape index (κ3) is 4.28. The summed E-state index contributed by atoms with van der Waals surface area (Å²) in [5, 5.41) is 21.4. The van der Waals surface area contributed by atoms with E-state index in [1.807, 2.05) is 0 Å². The van der Waals surface area contributed by atoms with Crippen molar-refractivity contribution in [3.05, 3.63) is 59.7 Å². The van der Waals surface area contributed by atoms with Crippen LogP contribution in [0.25, 0.3) is 6.08 Å². The van der Waals surface area contributed by atoms with Crippen molar-refractivity contribution in [2.75, 3.05) is 7.11 Å². The highest BCUT2D eigenvalue weighted by Gasteiger charge is 2.01. The lowest BCUT2D eigenvalue weighted by Gasteiger charge is -2.04. The van der Waals surface area contributed by atoms with Crippen LogP contribution in [0.5, 0.6) is 17.2 Å². The van der Waals surface area contributed by atoms with Crippen LogP contribution in [0, 0.1) is 0 Å². The summed E-state index contributed by atoms with van der Waals surface area (Å²) in [6, 6.07) is 11.4. The average Bonchev–Trinajstić information content (AvgIpc) is 2.53. The monoisotopic (exact) mass is 299 g/mol. The Morgan fingerprint density at radius 3 is 2.59 bits per heavy atom. The molecule has 0 radical (unpaired) electrons. The van der Waals surface area contributed by atoms with Gasteiger partial charge in [-0.3, -0.25) is 4.79 Å². The minimum Gasteiger partial charge on any atom is -0.508 e. The number of nitrogens with one attached hydrogen (secondary N) is 1. The quantitative estimate of drug-likeness (QED) is 0.741. The lowest BCUT2D eigenvalue weighted by molar-refractivity contribution is -0.116. The Morgan fingerprint density at radius 1 is 1.18 bits per heavy atom. The number of hydrogen-bond donors (Lipinski definition) is 3. The molecule has 0 spiro atoms. The van der Waals surface area contributed by atoms with Crippen LogP contribution in [0.3, 0.4) is 0 Å². The predicted molar refractivity (Wildman–Crippen MR) is 83.6 cm³/mol. The minimum atomic E-state index is -0.236. The molecule has 0 heterocycles. The van der Waals surface area contributed by atoms with E-state index in [0.717, 1.165) is 11.1 Å². The van der Waals surface area contributed by atoms with Crippen LogP contribution in [0.15, 0.2) is 48.5 Å². The predicted octanol–water partition coefficient (Wildman–Crippen LogP) is 2.44. The highest BCUT2D eigenvalue weighted by molar-refractivity contribution is 5.91. The third-order valence-electron chi connectivity index (χ3n) is 3.03. The number of phenolic OH excluding ortho intramolecular Hbond substituents is 2. The van der Waals surface area contributed by atoms with E-state index in [2.05, 4.69) is 5.32 Å². The van der Waals surface area contributed by atoms with Gasteiger partial charge in [-0.05, 0) is 41.5 Å². The van der Waals surface area contributed by atoms with E-state index in [9.17, 15) is 15.0 Å². The van der Waals surface area contributed by atoms with Crippen LogP contribution in [-0.2, 0) is 11.3 Å². The highest BCUT2D eigenvalue weighted by atomic mass is 16.5. The molecular formula is C17H17NO4. The molecule has 0 unspecified atom stereocenters. The Kier molecular flexibility index (Phi) is 5.03. The molecule has 0 atom stereocenters. The van der Waals surface area contributed by atoms with Gasteiger partial charge in [0.25, 0.3) is 0 Å². The van der Waals surface area contributed by atoms with Gasteiger partial charge in [0.15, 0.2) is 11.5 Å². The summed E-state index contributed by atoms with van der Waals surface area (Å²) in [5.41, 5.74) is 1.64. The van der Waals surface area contributed by atoms with Crippen molar-refractivity contribution in [3.8, 4) is 17.2 Å². The van der Waals surface area contributed by atoms with Crippen LogP contribution in [0.1, 0.15) is 11.1 Å². The molecule has 2 aromatic rings. The SMILES string of the molecule is COc1cc(C=CC(=O)NCc2ccc(O)cc2)ccc1O. The van der Waals surface area contributed by atoms with Crippen molar-refractivity contribution < 1.29 is 19.7 Å². The van der Waals surface area contributed by atoms with E-state index in [1.54, 1.807) is 42.5 Å². The second-order valence-corrected chi connectivity index (χ2v) is 4.65. The number of ether oxygens (including phenoxy) is 1. The summed E-state index contributed by atoms with van der Waals surface area (Å²) < 4.78 is 5.00. The Labute approximate surface area is 128 Å². The second-order valence-electron chi connectivity index (χ2n) is 4.65. The van der Waals surface area contributed by atoms with Gasteiger partial charge in [0, 0.05) is 12.6 Å². The largest absolute Gasteiger partial charge is 0.508 e. The molecule has 0 bridgehead atoms. The van der Waals surface area contributed by atoms with Gasteiger partial charge >= 0.3 is 0 Å². The number of rotatable bonds is 5. The maximum Gasteiger partial charge on any atom is 0.244 e. The summed E-state index contributed by atoms with van der Waals surface area (Å²) in [5.74, 6) is 0.361. The van der Waals surface area contributed by atoms with Crippen LogP contribution in [0.4, 0.5) is 0 Å². The topological polar surface area (TPSA) is 78.8 Å². The first kappa shape index (κ1) is 15.4. The molecule has 2 aromatic carbocycles. The number of benzene rings is 2. The maximum atomic E-state index is 11.8. The first-order valence-electron chi connectivity index (χ1n) is 6.69. The number of hydrogen-bond acceptors (Lipinski definition) is 4. The molecule has 1 amide bonds. The lowest BCUT2D eigenvalue weighted by Crippen LogP contribution is -2.20. The van der Waals surface area contributed by atoms with Gasteiger partial charge in [-0.25, -0.2) is 0 Å². The molecule has 114 valence electrons. The standard InChI is InChI=1S/C17H17NO4/c1-22-16-10-12(4-8-15(16)20)5-9-17(21)18-11-13-2-6-14(19)7-3-13/h2-10,19-20H,11H2,1H3,(H,18,21). The maximum absolute atomic E-state index is 11.8. The van der Waals surface area contributed by atoms with E-state index in [-0.39, 0.29) is 17.4 Å². The van der Waals surface area contributed by atoms with E-state index in [4.69, 9.17) is 4.74 Å². The molecule has 0 aliphatic carbocycles. The van der Waals surface area contributed by atoms with E-state index in [1.165, 1.54) is 19.3 Å². The van der Waals surface area contributed by atoms with Gasteiger partial charge in [-0.1, -0.05) is 18.2 Å². The van der Waals surface area contributed by atoms with Crippen molar-refractivity contribution >= 4 is 12.0 Å². The third-order valence-corrected chi connectivity index (χ3v) is 3.03. The highest BCUT2D eigenvalue weighted by Crippen LogP contribution is 2.26. The van der Waals surface area contributed by atoms with Gasteiger partial charge in [0.2, 0.25) is 5.91 Å². The molecule has 0 aromatic heterocycles. The van der Waals surface area contributed by atoms with E-state index < -0.39 is 0 Å². The number of phenols is 2.